The number of aliphatic hydroxyl groups is 1. The molecule has 1 amide bonds. The molecule has 1 heterocycles. The summed E-state index contributed by atoms with van der Waals surface area (Å²) in [6, 6.07) is 8.37. The van der Waals surface area contributed by atoms with E-state index in [0.717, 1.165) is 12.8 Å². The van der Waals surface area contributed by atoms with Gasteiger partial charge in [0.05, 0.1) is 6.61 Å². The Labute approximate surface area is 117 Å². The predicted molar refractivity (Wildman–Crippen MR) is 79.5 cm³/mol. The van der Waals surface area contributed by atoms with Gasteiger partial charge in [0.15, 0.2) is 0 Å². The molecule has 0 aliphatic heterocycles. The number of fused-ring (bicyclic) bond motifs is 1. The maximum absolute atomic E-state index is 11.7. The number of likely N-dealkylation sites (N-methyl/N-ethyl adjacent to an activating group) is 1. The molecule has 0 aliphatic rings. The standard InChI is InChI=1S/C15H19NO2S/c1-16(9-10-17)15(18)8-4-5-12-11-19-14-7-3-2-6-13(12)14/h2-3,6-7,11,17H,4-5,8-10H2,1H3. The van der Waals surface area contributed by atoms with Crippen molar-refractivity contribution in [3.63, 3.8) is 0 Å². The third kappa shape index (κ3) is 3.55. The number of aryl methyl sites for hydroxylation is 1. The van der Waals surface area contributed by atoms with Crippen LogP contribution < -0.4 is 0 Å². The molecule has 0 bridgehead atoms. The predicted octanol–water partition coefficient (Wildman–Crippen LogP) is 2.67. The SMILES string of the molecule is CN(CCO)C(=O)CCCc1csc2ccccc12. The molecule has 4 heteroatoms. The van der Waals surface area contributed by atoms with Gasteiger partial charge in [0, 0.05) is 24.7 Å². The van der Waals surface area contributed by atoms with Gasteiger partial charge < -0.3 is 10.0 Å². The summed E-state index contributed by atoms with van der Waals surface area (Å²) in [6.07, 6.45) is 2.33. The molecule has 0 atom stereocenters. The van der Waals surface area contributed by atoms with E-state index >= 15 is 0 Å². The van der Waals surface area contributed by atoms with E-state index in [4.69, 9.17) is 5.11 Å². The van der Waals surface area contributed by atoms with E-state index in [1.165, 1.54) is 15.6 Å². The molecule has 0 unspecified atom stereocenters. The van der Waals surface area contributed by atoms with Crippen LogP contribution in [0, 0.1) is 0 Å². The van der Waals surface area contributed by atoms with Crippen LogP contribution in [0.2, 0.25) is 0 Å². The zero-order valence-corrected chi connectivity index (χ0v) is 11.9. The third-order valence-electron chi connectivity index (χ3n) is 3.26. The Bertz CT molecular complexity index is 550. The number of hydrogen-bond acceptors (Lipinski definition) is 3. The summed E-state index contributed by atoms with van der Waals surface area (Å²) in [5.74, 6) is 0.105. The topological polar surface area (TPSA) is 40.5 Å². The van der Waals surface area contributed by atoms with Crippen molar-refractivity contribution in [3.8, 4) is 0 Å². The number of rotatable bonds is 6. The lowest BCUT2D eigenvalue weighted by Gasteiger charge is -2.15. The summed E-state index contributed by atoms with van der Waals surface area (Å²) < 4.78 is 1.31. The van der Waals surface area contributed by atoms with E-state index in [1.807, 2.05) is 0 Å². The Kier molecular flexibility index (Phi) is 4.93. The second-order valence-electron chi connectivity index (χ2n) is 4.65. The van der Waals surface area contributed by atoms with Crippen molar-refractivity contribution in [2.24, 2.45) is 0 Å². The molecule has 0 radical (unpaired) electrons. The Morgan fingerprint density at radius 3 is 2.95 bits per heavy atom. The second kappa shape index (κ2) is 6.68. The minimum Gasteiger partial charge on any atom is -0.395 e. The average molecular weight is 277 g/mol. The molecule has 0 spiro atoms. The summed E-state index contributed by atoms with van der Waals surface area (Å²) in [5.41, 5.74) is 1.33. The van der Waals surface area contributed by atoms with Gasteiger partial charge in [-0.15, -0.1) is 11.3 Å². The number of hydrogen-bond donors (Lipinski definition) is 1. The van der Waals surface area contributed by atoms with Crippen molar-refractivity contribution < 1.29 is 9.90 Å². The van der Waals surface area contributed by atoms with E-state index < -0.39 is 0 Å². The van der Waals surface area contributed by atoms with Gasteiger partial charge in [0.2, 0.25) is 5.91 Å². The van der Waals surface area contributed by atoms with Crippen molar-refractivity contribution in [2.45, 2.75) is 19.3 Å². The van der Waals surface area contributed by atoms with E-state index in [0.29, 0.717) is 13.0 Å². The lowest BCUT2D eigenvalue weighted by molar-refractivity contribution is -0.130. The summed E-state index contributed by atoms with van der Waals surface area (Å²) in [5, 5.41) is 12.3. The average Bonchev–Trinajstić information content (AvgIpc) is 2.82. The van der Waals surface area contributed by atoms with Gasteiger partial charge in [-0.1, -0.05) is 18.2 Å². The first-order chi connectivity index (χ1) is 9.22. The van der Waals surface area contributed by atoms with Crippen molar-refractivity contribution in [2.75, 3.05) is 20.2 Å². The Hall–Kier alpha value is -1.39. The molecule has 19 heavy (non-hydrogen) atoms. The van der Waals surface area contributed by atoms with E-state index in [2.05, 4.69) is 29.6 Å². The quantitative estimate of drug-likeness (QED) is 0.882. The smallest absolute Gasteiger partial charge is 0.222 e. The van der Waals surface area contributed by atoms with Crippen molar-refractivity contribution in [1.29, 1.82) is 0 Å². The van der Waals surface area contributed by atoms with Crippen LogP contribution in [0.1, 0.15) is 18.4 Å². The molecule has 2 rings (SSSR count). The monoisotopic (exact) mass is 277 g/mol. The number of carbonyl (C=O) groups is 1. The molecular formula is C15H19NO2S. The highest BCUT2D eigenvalue weighted by molar-refractivity contribution is 7.17. The second-order valence-corrected chi connectivity index (χ2v) is 5.56. The van der Waals surface area contributed by atoms with Crippen LogP contribution in [-0.4, -0.2) is 36.1 Å². The molecule has 0 saturated heterocycles. The molecule has 2 aromatic rings. The molecule has 102 valence electrons. The van der Waals surface area contributed by atoms with Gasteiger partial charge in [-0.05, 0) is 35.2 Å². The Morgan fingerprint density at radius 2 is 2.16 bits per heavy atom. The molecule has 1 aromatic carbocycles. The number of benzene rings is 1. The highest BCUT2D eigenvalue weighted by atomic mass is 32.1. The normalized spacial score (nSPS) is 10.8. The van der Waals surface area contributed by atoms with Crippen LogP contribution in [0.3, 0.4) is 0 Å². The number of nitrogens with zero attached hydrogens (tertiary/aromatic N) is 1. The van der Waals surface area contributed by atoms with Crippen molar-refractivity contribution in [3.05, 3.63) is 35.2 Å². The number of aliphatic hydroxyl groups excluding tert-OH is 1. The molecule has 1 aromatic heterocycles. The van der Waals surface area contributed by atoms with Crippen LogP contribution in [0.25, 0.3) is 10.1 Å². The van der Waals surface area contributed by atoms with Gasteiger partial charge in [-0.3, -0.25) is 4.79 Å². The maximum Gasteiger partial charge on any atom is 0.222 e. The lowest BCUT2D eigenvalue weighted by Crippen LogP contribution is -2.29. The molecule has 3 nitrogen and oxygen atoms in total. The fourth-order valence-corrected chi connectivity index (χ4v) is 3.12. The van der Waals surface area contributed by atoms with Gasteiger partial charge >= 0.3 is 0 Å². The lowest BCUT2D eigenvalue weighted by atomic mass is 10.1. The number of thiophene rings is 1. The largest absolute Gasteiger partial charge is 0.395 e. The highest BCUT2D eigenvalue weighted by Gasteiger charge is 2.09. The van der Waals surface area contributed by atoms with Crippen LogP contribution in [0.4, 0.5) is 0 Å². The molecule has 0 saturated carbocycles. The fraction of sp³-hybridized carbons (Fsp3) is 0.400. The first-order valence-corrected chi connectivity index (χ1v) is 7.40. The minimum atomic E-state index is 0.0252. The van der Waals surface area contributed by atoms with Crippen molar-refractivity contribution in [1.82, 2.24) is 4.90 Å². The Morgan fingerprint density at radius 1 is 1.37 bits per heavy atom. The van der Waals surface area contributed by atoms with Gasteiger partial charge in [-0.25, -0.2) is 0 Å². The fourth-order valence-electron chi connectivity index (χ4n) is 2.12. The molecule has 0 aliphatic carbocycles. The maximum atomic E-state index is 11.7. The summed E-state index contributed by atoms with van der Waals surface area (Å²) >= 11 is 1.76. The zero-order valence-electron chi connectivity index (χ0n) is 11.1. The van der Waals surface area contributed by atoms with E-state index in [9.17, 15) is 4.79 Å². The summed E-state index contributed by atoms with van der Waals surface area (Å²) in [7, 11) is 1.73. The van der Waals surface area contributed by atoms with Gasteiger partial charge in [-0.2, -0.15) is 0 Å². The molecule has 1 N–H and O–H groups in total. The third-order valence-corrected chi connectivity index (χ3v) is 4.27. The first-order valence-electron chi connectivity index (χ1n) is 6.52. The summed E-state index contributed by atoms with van der Waals surface area (Å²) in [4.78, 5) is 13.3. The van der Waals surface area contributed by atoms with Gasteiger partial charge in [0.1, 0.15) is 0 Å². The Balaban J connectivity index is 1.87. The molecular weight excluding hydrogens is 258 g/mol. The summed E-state index contributed by atoms with van der Waals surface area (Å²) in [6.45, 7) is 0.442. The minimum absolute atomic E-state index is 0.0252. The van der Waals surface area contributed by atoms with Crippen LogP contribution in [0.5, 0.6) is 0 Å². The van der Waals surface area contributed by atoms with Gasteiger partial charge in [0.25, 0.3) is 0 Å². The van der Waals surface area contributed by atoms with Crippen LogP contribution >= 0.6 is 11.3 Å². The molecule has 0 fully saturated rings. The highest BCUT2D eigenvalue weighted by Crippen LogP contribution is 2.26. The number of amides is 1. The van der Waals surface area contributed by atoms with Crippen LogP contribution in [0.15, 0.2) is 29.6 Å². The zero-order chi connectivity index (χ0) is 13.7. The van der Waals surface area contributed by atoms with E-state index in [-0.39, 0.29) is 12.5 Å². The van der Waals surface area contributed by atoms with Crippen LogP contribution in [-0.2, 0) is 11.2 Å². The first kappa shape index (κ1) is 14.0. The van der Waals surface area contributed by atoms with Crippen molar-refractivity contribution >= 4 is 27.3 Å². The van der Waals surface area contributed by atoms with E-state index in [1.54, 1.807) is 23.3 Å². The number of carbonyl (C=O) groups excluding carboxylic acids is 1.